The number of carboxylic acids is 1. The third-order valence-electron chi connectivity index (χ3n) is 5.97. The van der Waals surface area contributed by atoms with Crippen molar-refractivity contribution in [2.24, 2.45) is 5.92 Å². The van der Waals surface area contributed by atoms with E-state index < -0.39 is 5.97 Å². The van der Waals surface area contributed by atoms with Gasteiger partial charge in [0.15, 0.2) is 0 Å². The predicted molar refractivity (Wildman–Crippen MR) is 119 cm³/mol. The summed E-state index contributed by atoms with van der Waals surface area (Å²) in [4.78, 5) is 22.7. The number of benzene rings is 1. The highest BCUT2D eigenvalue weighted by molar-refractivity contribution is 5.91. The first-order chi connectivity index (χ1) is 14.3. The van der Waals surface area contributed by atoms with Crippen LogP contribution in [0.3, 0.4) is 0 Å². The number of piperidine rings is 1. The Morgan fingerprint density at radius 3 is 2.30 bits per heavy atom. The second-order valence-electron chi connectivity index (χ2n) is 8.63. The summed E-state index contributed by atoms with van der Waals surface area (Å²) in [5, 5.41) is 9.27. The predicted octanol–water partition coefficient (Wildman–Crippen LogP) is 4.99. The van der Waals surface area contributed by atoms with Gasteiger partial charge in [0.25, 0.3) is 0 Å². The molecule has 6 heteroatoms. The zero-order valence-electron chi connectivity index (χ0n) is 18.5. The summed E-state index contributed by atoms with van der Waals surface area (Å²) in [5.74, 6) is 1.88. The third-order valence-corrected chi connectivity index (χ3v) is 5.97. The van der Waals surface area contributed by atoms with Crippen molar-refractivity contribution in [3.63, 3.8) is 0 Å². The Hall–Kier alpha value is -2.63. The normalized spacial score (nSPS) is 14.9. The smallest absolute Gasteiger partial charge is 0.336 e. The molecule has 1 N–H and O–H groups in total. The average molecular weight is 412 g/mol. The summed E-state index contributed by atoms with van der Waals surface area (Å²) in [7, 11) is 0. The fraction of sp³-hybridized carbons (Fsp3) is 0.542. The van der Waals surface area contributed by atoms with Gasteiger partial charge in [0.1, 0.15) is 5.75 Å². The molecule has 1 aliphatic heterocycles. The van der Waals surface area contributed by atoms with Gasteiger partial charge < -0.3 is 14.7 Å². The van der Waals surface area contributed by atoms with Gasteiger partial charge in [-0.1, -0.05) is 13.8 Å². The second kappa shape index (κ2) is 9.92. The standard InChI is InChI=1S/C24H33N3O3/c1-16(2)20-14-25-24(26-15-20)27-9-7-19(8-10-27)6-5-11-30-21-12-17(3)22(23(28)29)18(4)13-21/h12-16,19H,5-11H2,1-4H3,(H,28,29). The molecular formula is C24H33N3O3. The van der Waals surface area contributed by atoms with Crippen molar-refractivity contribution in [1.82, 2.24) is 9.97 Å². The Bertz CT molecular complexity index is 833. The van der Waals surface area contributed by atoms with E-state index in [9.17, 15) is 9.90 Å². The zero-order valence-corrected chi connectivity index (χ0v) is 18.5. The van der Waals surface area contributed by atoms with Crippen molar-refractivity contribution < 1.29 is 14.6 Å². The number of aryl methyl sites for hydroxylation is 2. The number of anilines is 1. The van der Waals surface area contributed by atoms with Crippen molar-refractivity contribution in [1.29, 1.82) is 0 Å². The number of hydrogen-bond donors (Lipinski definition) is 1. The molecule has 30 heavy (non-hydrogen) atoms. The van der Waals surface area contributed by atoms with Crippen LogP contribution in [0.1, 0.15) is 72.5 Å². The third kappa shape index (κ3) is 5.49. The quantitative estimate of drug-likeness (QED) is 0.617. The Balaban J connectivity index is 1.40. The SMILES string of the molecule is Cc1cc(OCCCC2CCN(c3ncc(C(C)C)cn3)CC2)cc(C)c1C(=O)O. The number of carboxylic acid groups (broad SMARTS) is 1. The summed E-state index contributed by atoms with van der Waals surface area (Å²) < 4.78 is 5.89. The highest BCUT2D eigenvalue weighted by atomic mass is 16.5. The van der Waals surface area contributed by atoms with E-state index in [2.05, 4.69) is 28.7 Å². The first kappa shape index (κ1) is 22.1. The van der Waals surface area contributed by atoms with Gasteiger partial charge in [-0.15, -0.1) is 0 Å². The molecule has 1 fully saturated rings. The molecule has 1 aliphatic rings. The van der Waals surface area contributed by atoms with Crippen LogP contribution in [0.4, 0.5) is 5.95 Å². The molecule has 0 spiro atoms. The van der Waals surface area contributed by atoms with E-state index >= 15 is 0 Å². The molecule has 0 bridgehead atoms. The lowest BCUT2D eigenvalue weighted by Gasteiger charge is -2.32. The lowest BCUT2D eigenvalue weighted by atomic mass is 9.92. The Morgan fingerprint density at radius 2 is 1.77 bits per heavy atom. The maximum Gasteiger partial charge on any atom is 0.336 e. The number of ether oxygens (including phenoxy) is 1. The lowest BCUT2D eigenvalue weighted by molar-refractivity contribution is 0.0695. The summed E-state index contributed by atoms with van der Waals surface area (Å²) in [6, 6.07) is 3.64. The summed E-state index contributed by atoms with van der Waals surface area (Å²) in [6.45, 7) is 10.6. The Labute approximate surface area is 179 Å². The molecule has 0 amide bonds. The fourth-order valence-electron chi connectivity index (χ4n) is 4.12. The van der Waals surface area contributed by atoms with Crippen LogP contribution in [0.15, 0.2) is 24.5 Å². The summed E-state index contributed by atoms with van der Waals surface area (Å²) >= 11 is 0. The topological polar surface area (TPSA) is 75.5 Å². The molecule has 6 nitrogen and oxygen atoms in total. The van der Waals surface area contributed by atoms with Crippen molar-refractivity contribution in [3.8, 4) is 5.75 Å². The molecular weight excluding hydrogens is 378 g/mol. The molecule has 2 aromatic rings. The van der Waals surface area contributed by atoms with Gasteiger partial charge >= 0.3 is 5.97 Å². The van der Waals surface area contributed by atoms with Gasteiger partial charge in [-0.2, -0.15) is 0 Å². The monoisotopic (exact) mass is 411 g/mol. The highest BCUT2D eigenvalue weighted by Gasteiger charge is 2.21. The van der Waals surface area contributed by atoms with Crippen LogP contribution in [0, 0.1) is 19.8 Å². The summed E-state index contributed by atoms with van der Waals surface area (Å²) in [6.07, 6.45) is 8.35. The highest BCUT2D eigenvalue weighted by Crippen LogP contribution is 2.26. The van der Waals surface area contributed by atoms with Crippen molar-refractivity contribution in [2.75, 3.05) is 24.6 Å². The zero-order chi connectivity index (χ0) is 21.7. The number of rotatable bonds is 8. The van der Waals surface area contributed by atoms with E-state index in [1.54, 1.807) is 0 Å². The first-order valence-corrected chi connectivity index (χ1v) is 10.9. The van der Waals surface area contributed by atoms with Crippen LogP contribution in [0.25, 0.3) is 0 Å². The van der Waals surface area contributed by atoms with Crippen LogP contribution < -0.4 is 9.64 Å². The maximum atomic E-state index is 11.3. The number of aromatic carboxylic acids is 1. The van der Waals surface area contributed by atoms with Crippen LogP contribution in [-0.4, -0.2) is 40.7 Å². The van der Waals surface area contributed by atoms with E-state index in [1.807, 2.05) is 38.4 Å². The van der Waals surface area contributed by atoms with E-state index in [4.69, 9.17) is 4.74 Å². The number of carbonyl (C=O) groups is 1. The van der Waals surface area contributed by atoms with Crippen LogP contribution in [-0.2, 0) is 0 Å². The number of hydrogen-bond acceptors (Lipinski definition) is 5. The molecule has 1 aromatic carbocycles. The number of aromatic nitrogens is 2. The van der Waals surface area contributed by atoms with Crippen molar-refractivity contribution >= 4 is 11.9 Å². The van der Waals surface area contributed by atoms with E-state index in [0.717, 1.165) is 61.6 Å². The number of nitrogens with zero attached hydrogens (tertiary/aromatic N) is 3. The molecule has 0 radical (unpaired) electrons. The van der Waals surface area contributed by atoms with Gasteiger partial charge in [0, 0.05) is 25.5 Å². The minimum Gasteiger partial charge on any atom is -0.494 e. The molecule has 0 atom stereocenters. The average Bonchev–Trinajstić information content (AvgIpc) is 2.71. The Kier molecular flexibility index (Phi) is 7.29. The molecule has 2 heterocycles. The Morgan fingerprint density at radius 1 is 1.17 bits per heavy atom. The lowest BCUT2D eigenvalue weighted by Crippen LogP contribution is -2.35. The largest absolute Gasteiger partial charge is 0.494 e. The van der Waals surface area contributed by atoms with Crippen molar-refractivity contribution in [3.05, 3.63) is 46.8 Å². The van der Waals surface area contributed by atoms with E-state index in [0.29, 0.717) is 24.0 Å². The van der Waals surface area contributed by atoms with Crippen LogP contribution in [0.2, 0.25) is 0 Å². The van der Waals surface area contributed by atoms with Crippen LogP contribution in [0.5, 0.6) is 5.75 Å². The molecule has 3 rings (SSSR count). The molecule has 1 aromatic heterocycles. The van der Waals surface area contributed by atoms with Gasteiger partial charge in [-0.05, 0) is 80.2 Å². The molecule has 0 aliphatic carbocycles. The van der Waals surface area contributed by atoms with Gasteiger partial charge in [-0.3, -0.25) is 0 Å². The van der Waals surface area contributed by atoms with E-state index in [1.165, 1.54) is 5.56 Å². The van der Waals surface area contributed by atoms with Crippen molar-refractivity contribution in [2.45, 2.75) is 59.3 Å². The maximum absolute atomic E-state index is 11.3. The summed E-state index contributed by atoms with van der Waals surface area (Å²) in [5.41, 5.74) is 3.04. The van der Waals surface area contributed by atoms with Gasteiger partial charge in [0.05, 0.1) is 12.2 Å². The fourth-order valence-corrected chi connectivity index (χ4v) is 4.12. The van der Waals surface area contributed by atoms with Gasteiger partial charge in [0.2, 0.25) is 5.95 Å². The van der Waals surface area contributed by atoms with E-state index in [-0.39, 0.29) is 0 Å². The van der Waals surface area contributed by atoms with Crippen LogP contribution >= 0.6 is 0 Å². The molecule has 162 valence electrons. The molecule has 1 saturated heterocycles. The molecule has 0 unspecified atom stereocenters. The first-order valence-electron chi connectivity index (χ1n) is 10.9. The van der Waals surface area contributed by atoms with Gasteiger partial charge in [-0.25, -0.2) is 14.8 Å². The minimum atomic E-state index is -0.885. The second-order valence-corrected chi connectivity index (χ2v) is 8.63. The molecule has 0 saturated carbocycles. The minimum absolute atomic E-state index is 0.372.